The van der Waals surface area contributed by atoms with Crippen molar-refractivity contribution in [2.75, 3.05) is 13.1 Å². The molecule has 1 aromatic rings. The summed E-state index contributed by atoms with van der Waals surface area (Å²) < 4.78 is 1.25. The molecule has 2 heteroatoms. The Labute approximate surface area is 127 Å². The molecule has 0 aliphatic carbocycles. The molecule has 0 aliphatic heterocycles. The summed E-state index contributed by atoms with van der Waals surface area (Å²) in [5, 5.41) is 3.61. The quantitative estimate of drug-likeness (QED) is 0.691. The molecule has 1 atom stereocenters. The van der Waals surface area contributed by atoms with E-state index < -0.39 is 0 Å². The highest BCUT2D eigenvalue weighted by Gasteiger charge is 2.14. The second kappa shape index (κ2) is 8.76. The van der Waals surface area contributed by atoms with Crippen LogP contribution in [0.15, 0.2) is 28.7 Å². The van der Waals surface area contributed by atoms with Crippen LogP contribution in [0.25, 0.3) is 0 Å². The van der Waals surface area contributed by atoms with Gasteiger partial charge in [-0.2, -0.15) is 0 Å². The molecule has 1 rings (SSSR count). The topological polar surface area (TPSA) is 12.0 Å². The molecule has 0 amide bonds. The molecule has 0 spiro atoms. The molecule has 0 saturated heterocycles. The van der Waals surface area contributed by atoms with Crippen LogP contribution in [0.5, 0.6) is 0 Å². The number of nitrogens with one attached hydrogen (secondary N) is 1. The first kappa shape index (κ1) is 16.7. The predicted molar refractivity (Wildman–Crippen MR) is 88.7 cm³/mol. The lowest BCUT2D eigenvalue weighted by atomic mass is 9.91. The highest BCUT2D eigenvalue weighted by atomic mass is 79.9. The summed E-state index contributed by atoms with van der Waals surface area (Å²) in [6, 6.07) is 8.64. The van der Waals surface area contributed by atoms with Crippen molar-refractivity contribution in [3.05, 3.63) is 34.3 Å². The molecule has 0 fully saturated rings. The van der Waals surface area contributed by atoms with Crippen molar-refractivity contribution in [3.8, 4) is 0 Å². The SMILES string of the molecule is CC(C)CCC(CNCC(C)C)c1ccccc1Br. The molecular weight excluding hydrogens is 298 g/mol. The zero-order chi connectivity index (χ0) is 14.3. The summed E-state index contributed by atoms with van der Waals surface area (Å²) in [5.74, 6) is 2.09. The van der Waals surface area contributed by atoms with Gasteiger partial charge < -0.3 is 5.32 Å². The van der Waals surface area contributed by atoms with Crippen LogP contribution < -0.4 is 5.32 Å². The van der Waals surface area contributed by atoms with Crippen LogP contribution in [0.1, 0.15) is 52.0 Å². The molecule has 19 heavy (non-hydrogen) atoms. The van der Waals surface area contributed by atoms with Crippen LogP contribution >= 0.6 is 15.9 Å². The van der Waals surface area contributed by atoms with Crippen molar-refractivity contribution < 1.29 is 0 Å². The Hall–Kier alpha value is -0.340. The zero-order valence-corrected chi connectivity index (χ0v) is 14.3. The van der Waals surface area contributed by atoms with Crippen molar-refractivity contribution in [2.24, 2.45) is 11.8 Å². The van der Waals surface area contributed by atoms with Crippen molar-refractivity contribution in [3.63, 3.8) is 0 Å². The number of halogens is 1. The molecule has 1 aromatic carbocycles. The number of rotatable bonds is 8. The second-order valence-electron chi connectivity index (χ2n) is 6.24. The molecule has 0 bridgehead atoms. The van der Waals surface area contributed by atoms with Crippen LogP contribution in [0, 0.1) is 11.8 Å². The van der Waals surface area contributed by atoms with Gasteiger partial charge in [0.15, 0.2) is 0 Å². The molecule has 0 heterocycles. The number of benzene rings is 1. The van der Waals surface area contributed by atoms with Gasteiger partial charge in [-0.1, -0.05) is 68.2 Å². The largest absolute Gasteiger partial charge is 0.316 e. The lowest BCUT2D eigenvalue weighted by molar-refractivity contribution is 0.458. The maximum atomic E-state index is 3.70. The normalized spacial score (nSPS) is 13.2. The number of hydrogen-bond donors (Lipinski definition) is 1. The summed E-state index contributed by atoms with van der Waals surface area (Å²) in [5.41, 5.74) is 1.44. The van der Waals surface area contributed by atoms with E-state index >= 15 is 0 Å². The summed E-state index contributed by atoms with van der Waals surface area (Å²) in [7, 11) is 0. The monoisotopic (exact) mass is 325 g/mol. The fraction of sp³-hybridized carbons (Fsp3) is 0.647. The Balaban J connectivity index is 2.66. The molecule has 0 aliphatic rings. The third-order valence-electron chi connectivity index (χ3n) is 3.38. The van der Waals surface area contributed by atoms with Crippen molar-refractivity contribution >= 4 is 15.9 Å². The van der Waals surface area contributed by atoms with Gasteiger partial charge in [0.2, 0.25) is 0 Å². The highest BCUT2D eigenvalue weighted by molar-refractivity contribution is 9.10. The molecule has 0 radical (unpaired) electrons. The van der Waals surface area contributed by atoms with E-state index in [1.165, 1.54) is 22.9 Å². The van der Waals surface area contributed by atoms with E-state index in [1.807, 2.05) is 0 Å². The predicted octanol–water partition coefficient (Wildman–Crippen LogP) is 5.21. The fourth-order valence-electron chi connectivity index (χ4n) is 2.25. The maximum absolute atomic E-state index is 3.70. The lowest BCUT2D eigenvalue weighted by Crippen LogP contribution is -2.26. The average Bonchev–Trinajstić information content (AvgIpc) is 2.34. The van der Waals surface area contributed by atoms with Crippen LogP contribution in [0.2, 0.25) is 0 Å². The Bertz CT molecular complexity index is 360. The van der Waals surface area contributed by atoms with Gasteiger partial charge in [0.25, 0.3) is 0 Å². The first-order valence-electron chi connectivity index (χ1n) is 7.45. The first-order chi connectivity index (χ1) is 9.00. The lowest BCUT2D eigenvalue weighted by Gasteiger charge is -2.21. The second-order valence-corrected chi connectivity index (χ2v) is 7.10. The van der Waals surface area contributed by atoms with Gasteiger partial charge in [0, 0.05) is 11.0 Å². The third kappa shape index (κ3) is 6.58. The Morgan fingerprint density at radius 1 is 0.947 bits per heavy atom. The van der Waals surface area contributed by atoms with Crippen LogP contribution in [0.4, 0.5) is 0 Å². The first-order valence-corrected chi connectivity index (χ1v) is 8.25. The summed E-state index contributed by atoms with van der Waals surface area (Å²) in [4.78, 5) is 0. The van der Waals surface area contributed by atoms with Crippen molar-refractivity contribution in [2.45, 2.75) is 46.5 Å². The van der Waals surface area contributed by atoms with E-state index in [0.717, 1.165) is 19.0 Å². The van der Waals surface area contributed by atoms with Gasteiger partial charge in [-0.3, -0.25) is 0 Å². The van der Waals surface area contributed by atoms with E-state index in [1.54, 1.807) is 0 Å². The molecule has 0 aromatic heterocycles. The van der Waals surface area contributed by atoms with E-state index in [0.29, 0.717) is 11.8 Å². The third-order valence-corrected chi connectivity index (χ3v) is 4.10. The minimum atomic E-state index is 0.608. The maximum Gasteiger partial charge on any atom is 0.0210 e. The highest BCUT2D eigenvalue weighted by Crippen LogP contribution is 2.29. The van der Waals surface area contributed by atoms with Gasteiger partial charge >= 0.3 is 0 Å². The molecular formula is C17H28BrN. The zero-order valence-electron chi connectivity index (χ0n) is 12.7. The van der Waals surface area contributed by atoms with E-state index in [4.69, 9.17) is 0 Å². The van der Waals surface area contributed by atoms with Crippen molar-refractivity contribution in [1.82, 2.24) is 5.32 Å². The molecule has 1 N–H and O–H groups in total. The van der Waals surface area contributed by atoms with E-state index in [-0.39, 0.29) is 0 Å². The van der Waals surface area contributed by atoms with Gasteiger partial charge in [-0.15, -0.1) is 0 Å². The van der Waals surface area contributed by atoms with Crippen LogP contribution in [-0.2, 0) is 0 Å². The van der Waals surface area contributed by atoms with Gasteiger partial charge in [-0.05, 0) is 42.3 Å². The van der Waals surface area contributed by atoms with Gasteiger partial charge in [0.05, 0.1) is 0 Å². The summed E-state index contributed by atoms with van der Waals surface area (Å²) in [6.45, 7) is 11.3. The Morgan fingerprint density at radius 2 is 1.63 bits per heavy atom. The minimum Gasteiger partial charge on any atom is -0.316 e. The average molecular weight is 326 g/mol. The van der Waals surface area contributed by atoms with Crippen molar-refractivity contribution in [1.29, 1.82) is 0 Å². The van der Waals surface area contributed by atoms with Crippen LogP contribution in [0.3, 0.4) is 0 Å². The minimum absolute atomic E-state index is 0.608. The summed E-state index contributed by atoms with van der Waals surface area (Å²) in [6.07, 6.45) is 2.54. The van der Waals surface area contributed by atoms with Gasteiger partial charge in [-0.25, -0.2) is 0 Å². The van der Waals surface area contributed by atoms with E-state index in [9.17, 15) is 0 Å². The number of hydrogen-bond acceptors (Lipinski definition) is 1. The smallest absolute Gasteiger partial charge is 0.0210 e. The standard InChI is InChI=1S/C17H28BrN/c1-13(2)9-10-15(12-19-11-14(3)4)16-7-5-6-8-17(16)18/h5-8,13-15,19H,9-12H2,1-4H3. The Kier molecular flexibility index (Phi) is 7.70. The molecule has 108 valence electrons. The molecule has 1 unspecified atom stereocenters. The molecule has 1 nitrogen and oxygen atoms in total. The van der Waals surface area contributed by atoms with E-state index in [2.05, 4.69) is 73.2 Å². The fourth-order valence-corrected chi connectivity index (χ4v) is 2.86. The van der Waals surface area contributed by atoms with Gasteiger partial charge in [0.1, 0.15) is 0 Å². The molecule has 0 saturated carbocycles. The Morgan fingerprint density at radius 3 is 2.21 bits per heavy atom. The summed E-state index contributed by atoms with van der Waals surface area (Å²) >= 11 is 3.70. The van der Waals surface area contributed by atoms with Crippen LogP contribution in [-0.4, -0.2) is 13.1 Å².